The number of esters is 1. The molecule has 0 saturated carbocycles. The molecule has 0 amide bonds. The number of nitrogens with one attached hydrogen (secondary N) is 1. The topological polar surface area (TPSA) is 92.7 Å². The van der Waals surface area contributed by atoms with Crippen molar-refractivity contribution in [1.29, 1.82) is 0 Å². The monoisotopic (exact) mass is 473 g/mol. The Hall–Kier alpha value is -2.71. The van der Waals surface area contributed by atoms with Crippen molar-refractivity contribution in [2.45, 2.75) is 29.2 Å². The summed E-state index contributed by atoms with van der Waals surface area (Å²) < 4.78 is 30.6. The fraction of sp³-hybridized carbons (Fsp3) is 0.208. The van der Waals surface area contributed by atoms with Crippen LogP contribution >= 0.6 is 11.6 Å². The molecule has 0 aliphatic carbocycles. The van der Waals surface area contributed by atoms with E-state index in [1.807, 2.05) is 6.07 Å². The molecule has 0 heterocycles. The van der Waals surface area contributed by atoms with Crippen LogP contribution in [0.25, 0.3) is 0 Å². The van der Waals surface area contributed by atoms with E-state index < -0.39 is 21.9 Å². The van der Waals surface area contributed by atoms with Crippen molar-refractivity contribution in [2.24, 2.45) is 0 Å². The summed E-state index contributed by atoms with van der Waals surface area (Å²) in [4.78, 5) is 11.3. The Labute approximate surface area is 192 Å². The molecular formula is C24H24ClNO5S. The predicted octanol–water partition coefficient (Wildman–Crippen LogP) is 3.96. The Morgan fingerprint density at radius 1 is 1.03 bits per heavy atom. The Bertz CT molecular complexity index is 1160. The summed E-state index contributed by atoms with van der Waals surface area (Å²) in [5, 5.41) is 14.0. The molecule has 0 aromatic heterocycles. The number of aliphatic hydroxyl groups is 1. The second kappa shape index (κ2) is 10.7. The number of hydrogen-bond acceptors (Lipinski definition) is 6. The Morgan fingerprint density at radius 2 is 1.66 bits per heavy atom. The lowest BCUT2D eigenvalue weighted by Gasteiger charge is -2.13. The van der Waals surface area contributed by atoms with Gasteiger partial charge in [0.1, 0.15) is 5.75 Å². The normalized spacial score (nSPS) is 12.3. The zero-order valence-electron chi connectivity index (χ0n) is 17.5. The van der Waals surface area contributed by atoms with Crippen LogP contribution in [0.1, 0.15) is 24.2 Å². The molecule has 168 valence electrons. The Balaban J connectivity index is 1.54. The highest BCUT2D eigenvalue weighted by Gasteiger charge is 2.17. The highest BCUT2D eigenvalue weighted by atomic mass is 35.5. The Morgan fingerprint density at radius 3 is 2.25 bits per heavy atom. The lowest BCUT2D eigenvalue weighted by Crippen LogP contribution is -2.23. The van der Waals surface area contributed by atoms with E-state index in [2.05, 4.69) is 5.32 Å². The number of benzene rings is 3. The molecule has 0 unspecified atom stereocenters. The molecule has 8 heteroatoms. The van der Waals surface area contributed by atoms with Gasteiger partial charge in [-0.2, -0.15) is 0 Å². The van der Waals surface area contributed by atoms with Crippen molar-refractivity contribution < 1.29 is 23.1 Å². The fourth-order valence-corrected chi connectivity index (χ4v) is 4.59. The van der Waals surface area contributed by atoms with Crippen molar-refractivity contribution in [2.75, 3.05) is 13.1 Å². The van der Waals surface area contributed by atoms with E-state index in [1.54, 1.807) is 42.5 Å². The van der Waals surface area contributed by atoms with Crippen LogP contribution < -0.4 is 10.1 Å². The van der Waals surface area contributed by atoms with Gasteiger partial charge in [-0.3, -0.25) is 4.79 Å². The van der Waals surface area contributed by atoms with Crippen LogP contribution in [0.15, 0.2) is 82.6 Å². The molecule has 0 aliphatic rings. The molecule has 3 rings (SSSR count). The van der Waals surface area contributed by atoms with Crippen molar-refractivity contribution in [3.8, 4) is 5.75 Å². The fourth-order valence-electron chi connectivity index (χ4n) is 3.13. The van der Waals surface area contributed by atoms with Gasteiger partial charge in [0.25, 0.3) is 0 Å². The van der Waals surface area contributed by atoms with Gasteiger partial charge in [0, 0.05) is 18.5 Å². The van der Waals surface area contributed by atoms with Gasteiger partial charge in [0.2, 0.25) is 9.84 Å². The number of sulfone groups is 1. The summed E-state index contributed by atoms with van der Waals surface area (Å²) in [5.41, 5.74) is 1.72. The summed E-state index contributed by atoms with van der Waals surface area (Å²) in [7, 11) is -3.67. The van der Waals surface area contributed by atoms with E-state index >= 15 is 0 Å². The van der Waals surface area contributed by atoms with Crippen molar-refractivity contribution in [1.82, 2.24) is 5.32 Å². The first-order valence-corrected chi connectivity index (χ1v) is 11.9. The van der Waals surface area contributed by atoms with E-state index in [1.165, 1.54) is 31.2 Å². The maximum atomic E-state index is 12.8. The average molecular weight is 474 g/mol. The number of carbonyl (C=O) groups excluding carboxylic acids is 1. The molecule has 3 aromatic rings. The van der Waals surface area contributed by atoms with Gasteiger partial charge in [-0.1, -0.05) is 35.9 Å². The van der Waals surface area contributed by atoms with Crippen molar-refractivity contribution in [3.63, 3.8) is 0 Å². The van der Waals surface area contributed by atoms with Crippen LogP contribution in [0.4, 0.5) is 0 Å². The summed E-state index contributed by atoms with van der Waals surface area (Å²) in [6, 6.07) is 19.5. The number of aliphatic hydroxyl groups excluding tert-OH is 1. The lowest BCUT2D eigenvalue weighted by molar-refractivity contribution is -0.131. The average Bonchev–Trinajstić information content (AvgIpc) is 2.77. The highest BCUT2D eigenvalue weighted by molar-refractivity contribution is 7.91. The zero-order valence-corrected chi connectivity index (χ0v) is 19.1. The van der Waals surface area contributed by atoms with Crippen LogP contribution in [-0.4, -0.2) is 32.6 Å². The van der Waals surface area contributed by atoms with Gasteiger partial charge in [0.05, 0.1) is 15.9 Å². The van der Waals surface area contributed by atoms with Gasteiger partial charge in [-0.05, 0) is 72.6 Å². The molecular weight excluding hydrogens is 450 g/mol. The largest absolute Gasteiger partial charge is 0.427 e. The summed E-state index contributed by atoms with van der Waals surface area (Å²) in [6.45, 7) is 2.29. The first-order chi connectivity index (χ1) is 15.3. The maximum Gasteiger partial charge on any atom is 0.308 e. The first kappa shape index (κ1) is 23.9. The van der Waals surface area contributed by atoms with E-state index in [4.69, 9.17) is 16.3 Å². The number of hydrogen-bond donors (Lipinski definition) is 2. The van der Waals surface area contributed by atoms with Crippen LogP contribution in [-0.2, 0) is 21.1 Å². The van der Waals surface area contributed by atoms with Crippen molar-refractivity contribution >= 4 is 27.4 Å². The SMILES string of the molecule is CC(=O)Oc1ccc(S(=O)(=O)c2ccc(CCNC[C@@H](O)c3cccc(Cl)c3)cc2)cc1. The molecule has 32 heavy (non-hydrogen) atoms. The van der Waals surface area contributed by atoms with Gasteiger partial charge >= 0.3 is 5.97 Å². The molecule has 0 aliphatic heterocycles. The van der Waals surface area contributed by atoms with Gasteiger partial charge in [0.15, 0.2) is 0 Å². The zero-order chi connectivity index (χ0) is 23.1. The van der Waals surface area contributed by atoms with E-state index in [0.29, 0.717) is 30.3 Å². The smallest absolute Gasteiger partial charge is 0.308 e. The third-order valence-electron chi connectivity index (χ3n) is 4.79. The lowest BCUT2D eigenvalue weighted by atomic mass is 10.1. The van der Waals surface area contributed by atoms with E-state index in [9.17, 15) is 18.3 Å². The van der Waals surface area contributed by atoms with Gasteiger partial charge in [-0.25, -0.2) is 8.42 Å². The van der Waals surface area contributed by atoms with Gasteiger partial charge < -0.3 is 15.2 Å². The third-order valence-corrected chi connectivity index (χ3v) is 6.81. The number of carbonyl (C=O) groups is 1. The third kappa shape index (κ3) is 6.40. The molecule has 0 radical (unpaired) electrons. The highest BCUT2D eigenvalue weighted by Crippen LogP contribution is 2.24. The van der Waals surface area contributed by atoms with Gasteiger partial charge in [-0.15, -0.1) is 0 Å². The first-order valence-electron chi connectivity index (χ1n) is 10.0. The summed E-state index contributed by atoms with van der Waals surface area (Å²) in [5.74, 6) is -0.176. The van der Waals surface area contributed by atoms with Crippen LogP contribution in [0.2, 0.25) is 5.02 Å². The molecule has 0 bridgehead atoms. The predicted molar refractivity (Wildman–Crippen MR) is 123 cm³/mol. The maximum absolute atomic E-state index is 12.8. The molecule has 3 aromatic carbocycles. The quantitative estimate of drug-likeness (QED) is 0.277. The Kier molecular flexibility index (Phi) is 8.04. The second-order valence-electron chi connectivity index (χ2n) is 7.24. The standard InChI is InChI=1S/C24H24ClNO5S/c1-17(27)31-21-7-11-23(12-8-21)32(29,30)22-9-5-18(6-10-22)13-14-26-16-24(28)19-3-2-4-20(25)15-19/h2-12,15,24,26,28H,13-14,16H2,1H3/t24-/m1/s1. The van der Waals surface area contributed by atoms with Crippen LogP contribution in [0.3, 0.4) is 0 Å². The minimum Gasteiger partial charge on any atom is -0.427 e. The van der Waals surface area contributed by atoms with Crippen molar-refractivity contribution in [3.05, 3.63) is 88.9 Å². The molecule has 6 nitrogen and oxygen atoms in total. The summed E-state index contributed by atoms with van der Waals surface area (Å²) in [6.07, 6.45) is 0.0214. The summed E-state index contributed by atoms with van der Waals surface area (Å²) >= 11 is 5.95. The van der Waals surface area contributed by atoms with E-state index in [0.717, 1.165) is 11.1 Å². The number of halogens is 1. The minimum atomic E-state index is -3.67. The number of rotatable bonds is 9. The number of ether oxygens (including phenoxy) is 1. The molecule has 2 N–H and O–H groups in total. The molecule has 1 atom stereocenters. The minimum absolute atomic E-state index is 0.123. The molecule has 0 spiro atoms. The van der Waals surface area contributed by atoms with Crippen LogP contribution in [0.5, 0.6) is 5.75 Å². The molecule has 0 fully saturated rings. The van der Waals surface area contributed by atoms with E-state index in [-0.39, 0.29) is 9.79 Å². The van der Waals surface area contributed by atoms with Crippen LogP contribution in [0, 0.1) is 0 Å². The molecule has 0 saturated heterocycles. The second-order valence-corrected chi connectivity index (χ2v) is 9.62.